The van der Waals surface area contributed by atoms with Crippen LogP contribution in [0.4, 0.5) is 15.8 Å². The zero-order chi connectivity index (χ0) is 22.1. The Morgan fingerprint density at radius 2 is 1.77 bits per heavy atom. The molecule has 0 spiro atoms. The molecule has 1 atom stereocenters. The number of nitrogens with one attached hydrogen (secondary N) is 2. The summed E-state index contributed by atoms with van der Waals surface area (Å²) in [5.41, 5.74) is 2.99. The Hall–Kier alpha value is -3.17. The maximum absolute atomic E-state index is 14.5. The number of anilines is 2. The highest BCUT2D eigenvalue weighted by molar-refractivity contribution is 7.90. The van der Waals surface area contributed by atoms with Crippen molar-refractivity contribution in [3.8, 4) is 0 Å². The summed E-state index contributed by atoms with van der Waals surface area (Å²) in [6, 6.07) is 14.6. The predicted molar refractivity (Wildman–Crippen MR) is 116 cm³/mol. The second kappa shape index (κ2) is 8.29. The van der Waals surface area contributed by atoms with Gasteiger partial charge in [0.2, 0.25) is 5.78 Å². The summed E-state index contributed by atoms with van der Waals surface area (Å²) in [6.45, 7) is 1.79. The number of nitrogens with zero attached hydrogens (tertiary/aromatic N) is 1. The average molecular weight is 431 g/mol. The van der Waals surface area contributed by atoms with E-state index in [2.05, 4.69) is 4.98 Å². The maximum Gasteiger partial charge on any atom is 0.296 e. The number of rotatable bonds is 7. The van der Waals surface area contributed by atoms with Gasteiger partial charge in [0, 0.05) is 37.0 Å². The molecule has 7 nitrogen and oxygen atoms in total. The van der Waals surface area contributed by atoms with Crippen LogP contribution in [0.15, 0.2) is 54.6 Å². The third-order valence-corrected chi connectivity index (χ3v) is 5.31. The molecule has 4 N–H and O–H groups in total. The summed E-state index contributed by atoms with van der Waals surface area (Å²) in [7, 11) is -0.137. The van der Waals surface area contributed by atoms with Gasteiger partial charge in [-0.05, 0) is 54.1 Å². The van der Waals surface area contributed by atoms with E-state index in [1.807, 2.05) is 35.9 Å². The van der Waals surface area contributed by atoms with Crippen molar-refractivity contribution in [1.29, 1.82) is 0 Å². The predicted octanol–water partition coefficient (Wildman–Crippen LogP) is 3.22. The van der Waals surface area contributed by atoms with E-state index >= 15 is 0 Å². The number of benzene rings is 2. The van der Waals surface area contributed by atoms with E-state index in [1.54, 1.807) is 31.2 Å². The van der Waals surface area contributed by atoms with Gasteiger partial charge >= 0.3 is 0 Å². The smallest absolute Gasteiger partial charge is 0.296 e. The average Bonchev–Trinajstić information content (AvgIpc) is 3.16. The van der Waals surface area contributed by atoms with Gasteiger partial charge in [0.15, 0.2) is 0 Å². The minimum atomic E-state index is -3.98. The zero-order valence-corrected chi connectivity index (χ0v) is 17.6. The van der Waals surface area contributed by atoms with E-state index in [0.29, 0.717) is 22.5 Å². The van der Waals surface area contributed by atoms with Crippen molar-refractivity contribution in [3.63, 3.8) is 0 Å². The molecule has 1 unspecified atom stereocenters. The van der Waals surface area contributed by atoms with Crippen molar-refractivity contribution in [2.45, 2.75) is 12.8 Å². The summed E-state index contributed by atoms with van der Waals surface area (Å²) in [5, 5.41) is 4.91. The van der Waals surface area contributed by atoms with Crippen LogP contribution in [-0.2, 0) is 10.2 Å². The maximum atomic E-state index is 14.5. The Morgan fingerprint density at radius 1 is 1.10 bits per heavy atom. The molecule has 1 aromatic heterocycles. The van der Waals surface area contributed by atoms with Gasteiger partial charge in [-0.15, -0.1) is 0 Å². The molecule has 0 amide bonds. The molecular weight excluding hydrogens is 407 g/mol. The van der Waals surface area contributed by atoms with Crippen LogP contribution >= 0.6 is 0 Å². The van der Waals surface area contributed by atoms with Crippen LogP contribution in [0.1, 0.15) is 40.2 Å². The highest BCUT2D eigenvalue weighted by Gasteiger charge is 2.18. The fourth-order valence-electron chi connectivity index (χ4n) is 3.14. The largest absolute Gasteiger partial charge is 0.378 e. The molecule has 9 heteroatoms. The van der Waals surface area contributed by atoms with E-state index in [9.17, 15) is 17.6 Å². The minimum Gasteiger partial charge on any atom is -0.378 e. The summed E-state index contributed by atoms with van der Waals surface area (Å²) < 4.78 is 38.7. The number of nitrogens with two attached hydrogens (primary N) is 1. The number of hydrogen-bond donors (Lipinski definition) is 3. The molecule has 1 heterocycles. The van der Waals surface area contributed by atoms with E-state index < -0.39 is 16.0 Å². The van der Waals surface area contributed by atoms with Gasteiger partial charge in [-0.25, -0.2) is 9.53 Å². The number of carbonyl (C=O) groups is 1. The van der Waals surface area contributed by atoms with Gasteiger partial charge in [0.05, 0.1) is 11.4 Å². The first-order chi connectivity index (χ1) is 14.0. The molecule has 3 aromatic rings. The van der Waals surface area contributed by atoms with Crippen LogP contribution < -0.4 is 14.8 Å². The molecule has 0 bridgehead atoms. The molecule has 30 heavy (non-hydrogen) atoms. The number of ketones is 1. The summed E-state index contributed by atoms with van der Waals surface area (Å²) in [5.74, 6) is -1.13. The van der Waals surface area contributed by atoms with Crippen molar-refractivity contribution < 1.29 is 17.6 Å². The van der Waals surface area contributed by atoms with E-state index in [0.717, 1.165) is 11.8 Å². The molecule has 3 rings (SSSR count). The normalized spacial score (nSPS) is 12.4. The first-order valence-electron chi connectivity index (χ1n) is 9.16. The molecule has 0 aliphatic carbocycles. The lowest BCUT2D eigenvalue weighted by molar-refractivity contribution is 0.103. The fourth-order valence-corrected chi connectivity index (χ4v) is 3.59. The van der Waals surface area contributed by atoms with Crippen molar-refractivity contribution in [1.82, 2.24) is 4.98 Å². The highest BCUT2D eigenvalue weighted by atomic mass is 32.2. The van der Waals surface area contributed by atoms with Crippen molar-refractivity contribution in [3.05, 3.63) is 82.9 Å². The first kappa shape index (κ1) is 21.5. The number of aromatic amines is 1. The van der Waals surface area contributed by atoms with Crippen LogP contribution in [0.3, 0.4) is 0 Å². The van der Waals surface area contributed by atoms with E-state index in [-0.39, 0.29) is 17.4 Å². The Balaban J connectivity index is 1.80. The third kappa shape index (κ3) is 4.87. The first-order valence-corrected chi connectivity index (χ1v) is 10.7. The van der Waals surface area contributed by atoms with Crippen LogP contribution in [0.2, 0.25) is 0 Å². The SMILES string of the molecule is CC(c1ccc(C(=O)c2ccc(N(C)C)cc2)[nH]1)c1ccc(NS(N)(=O)=O)cc1F. The fraction of sp³-hybridized carbons (Fsp3) is 0.190. The second-order valence-corrected chi connectivity index (χ2v) is 8.50. The van der Waals surface area contributed by atoms with Crippen LogP contribution in [0, 0.1) is 5.82 Å². The summed E-state index contributed by atoms with van der Waals surface area (Å²) in [6.07, 6.45) is 0. The number of halogens is 1. The summed E-state index contributed by atoms with van der Waals surface area (Å²) in [4.78, 5) is 17.8. The van der Waals surface area contributed by atoms with Gasteiger partial charge in [-0.1, -0.05) is 13.0 Å². The van der Waals surface area contributed by atoms with Crippen LogP contribution in [0.25, 0.3) is 0 Å². The molecule has 0 saturated heterocycles. The van der Waals surface area contributed by atoms with Gasteiger partial charge < -0.3 is 9.88 Å². The Morgan fingerprint density at radius 3 is 2.33 bits per heavy atom. The molecule has 0 fully saturated rings. The lowest BCUT2D eigenvalue weighted by Crippen LogP contribution is -2.21. The van der Waals surface area contributed by atoms with Gasteiger partial charge in [-0.3, -0.25) is 9.52 Å². The molecular formula is C21H23FN4O3S. The van der Waals surface area contributed by atoms with Crippen molar-refractivity contribution in [2.24, 2.45) is 5.14 Å². The van der Waals surface area contributed by atoms with Crippen molar-refractivity contribution in [2.75, 3.05) is 23.7 Å². The van der Waals surface area contributed by atoms with E-state index in [4.69, 9.17) is 5.14 Å². The number of H-pyrrole nitrogens is 1. The lowest BCUT2D eigenvalue weighted by Gasteiger charge is -2.13. The standard InChI is InChI=1S/C21H23FN4O3S/c1-13(17-9-6-15(12-18(17)22)25-30(23,28)29)19-10-11-20(24-19)21(27)14-4-7-16(8-5-14)26(2)3/h4-13,24-25H,1-3H3,(H2,23,28,29). The molecule has 0 aliphatic rings. The number of hydrogen-bond acceptors (Lipinski definition) is 4. The Kier molecular flexibility index (Phi) is 5.95. The monoisotopic (exact) mass is 430 g/mol. The quantitative estimate of drug-likeness (QED) is 0.500. The molecule has 0 aliphatic heterocycles. The number of carbonyl (C=O) groups excluding carboxylic acids is 1. The van der Waals surface area contributed by atoms with Gasteiger partial charge in [0.25, 0.3) is 10.2 Å². The molecule has 0 radical (unpaired) electrons. The summed E-state index contributed by atoms with van der Waals surface area (Å²) >= 11 is 0. The zero-order valence-electron chi connectivity index (χ0n) is 16.8. The Bertz CT molecular complexity index is 1170. The minimum absolute atomic E-state index is 0.0365. The highest BCUT2D eigenvalue weighted by Crippen LogP contribution is 2.28. The van der Waals surface area contributed by atoms with Crippen molar-refractivity contribution >= 4 is 27.4 Å². The third-order valence-electron chi connectivity index (χ3n) is 4.79. The topological polar surface area (TPSA) is 108 Å². The van der Waals surface area contributed by atoms with Gasteiger partial charge in [-0.2, -0.15) is 8.42 Å². The Labute approximate surface area is 174 Å². The molecule has 2 aromatic carbocycles. The van der Waals surface area contributed by atoms with E-state index in [1.165, 1.54) is 12.1 Å². The molecule has 158 valence electrons. The number of aromatic nitrogens is 1. The second-order valence-electron chi connectivity index (χ2n) is 7.20. The molecule has 0 saturated carbocycles. The van der Waals surface area contributed by atoms with Crippen LogP contribution in [-0.4, -0.2) is 33.3 Å². The van der Waals surface area contributed by atoms with Crippen LogP contribution in [0.5, 0.6) is 0 Å². The van der Waals surface area contributed by atoms with Gasteiger partial charge in [0.1, 0.15) is 5.82 Å². The lowest BCUT2D eigenvalue weighted by atomic mass is 9.97.